The van der Waals surface area contributed by atoms with Crippen LogP contribution in [-0.4, -0.2) is 5.91 Å². The second-order valence-corrected chi connectivity index (χ2v) is 11.6. The van der Waals surface area contributed by atoms with Crippen LogP contribution >= 0.6 is 0 Å². The molecule has 2 nitrogen and oxygen atoms in total. The topological polar surface area (TPSA) is 29.1 Å². The minimum Gasteiger partial charge on any atom is -0.322 e. The van der Waals surface area contributed by atoms with Gasteiger partial charge in [-0.3, -0.25) is 4.79 Å². The summed E-state index contributed by atoms with van der Waals surface area (Å²) in [5.41, 5.74) is 2.32. The minimum atomic E-state index is -0.0238. The quantitative estimate of drug-likeness (QED) is 0.130. The molecule has 0 aromatic heterocycles. The van der Waals surface area contributed by atoms with E-state index >= 15 is 0 Å². The van der Waals surface area contributed by atoms with Gasteiger partial charge < -0.3 is 5.32 Å². The third kappa shape index (κ3) is 13.1. The Labute approximate surface area is 204 Å². The first-order chi connectivity index (χ1) is 15.4. The van der Waals surface area contributed by atoms with E-state index in [0.29, 0.717) is 0 Å². The number of carbonyl (C=O) groups is 1. The number of allylic oxidation sites excluding steroid dienone is 6. The predicted octanol–water partition coefficient (Wildman–Crippen LogP) is 9.29. The minimum absolute atomic E-state index is 0.0238. The van der Waals surface area contributed by atoms with Crippen molar-refractivity contribution < 1.29 is 4.79 Å². The Balaban J connectivity index is 2.40. The Morgan fingerprint density at radius 1 is 0.939 bits per heavy atom. The Morgan fingerprint density at radius 3 is 2.24 bits per heavy atom. The van der Waals surface area contributed by atoms with Crippen LogP contribution in [-0.2, 0) is 4.79 Å². The molecule has 0 spiro atoms. The summed E-state index contributed by atoms with van der Waals surface area (Å²) < 4.78 is 0. The molecule has 2 heteroatoms. The van der Waals surface area contributed by atoms with E-state index in [0.717, 1.165) is 43.4 Å². The van der Waals surface area contributed by atoms with Crippen LogP contribution in [0.1, 0.15) is 87.0 Å². The lowest BCUT2D eigenvalue weighted by molar-refractivity contribution is -0.112. The van der Waals surface area contributed by atoms with Crippen molar-refractivity contribution in [2.45, 2.75) is 87.0 Å². The SMILES string of the molecule is C=C/C=C/C(C)(C)CC(C)(C)CC(C)(C)C/C=C/CCC/C=C(\C)C(=O)Nc1ccccc1. The Morgan fingerprint density at radius 2 is 1.61 bits per heavy atom. The number of rotatable bonds is 14. The number of benzene rings is 1. The normalized spacial score (nSPS) is 13.6. The van der Waals surface area contributed by atoms with E-state index < -0.39 is 0 Å². The van der Waals surface area contributed by atoms with Gasteiger partial charge in [-0.1, -0.05) is 103 Å². The van der Waals surface area contributed by atoms with Crippen LogP contribution in [0.5, 0.6) is 0 Å². The molecule has 1 N–H and O–H groups in total. The van der Waals surface area contributed by atoms with Crippen LogP contribution in [0.3, 0.4) is 0 Å². The van der Waals surface area contributed by atoms with Crippen molar-refractivity contribution in [3.05, 3.63) is 78.9 Å². The lowest BCUT2D eigenvalue weighted by Crippen LogP contribution is -2.27. The van der Waals surface area contributed by atoms with Crippen LogP contribution in [0.15, 0.2) is 78.9 Å². The van der Waals surface area contributed by atoms with E-state index in [9.17, 15) is 4.79 Å². The molecule has 0 fully saturated rings. The van der Waals surface area contributed by atoms with Gasteiger partial charge >= 0.3 is 0 Å². The van der Waals surface area contributed by atoms with Gasteiger partial charge in [0.2, 0.25) is 0 Å². The van der Waals surface area contributed by atoms with Gasteiger partial charge in [0.25, 0.3) is 5.91 Å². The summed E-state index contributed by atoms with van der Waals surface area (Å²) in [5, 5.41) is 2.93. The molecule has 0 atom stereocenters. The van der Waals surface area contributed by atoms with E-state index in [-0.39, 0.29) is 22.2 Å². The molecule has 0 aliphatic rings. The average Bonchev–Trinajstić information content (AvgIpc) is 2.70. The van der Waals surface area contributed by atoms with Gasteiger partial charge in [0, 0.05) is 11.3 Å². The molecule has 0 unspecified atom stereocenters. The lowest BCUT2D eigenvalue weighted by atomic mass is 9.66. The van der Waals surface area contributed by atoms with Crippen molar-refractivity contribution in [3.63, 3.8) is 0 Å². The van der Waals surface area contributed by atoms with Crippen LogP contribution in [0.4, 0.5) is 5.69 Å². The number of hydrogen-bond donors (Lipinski definition) is 1. The zero-order valence-electron chi connectivity index (χ0n) is 22.2. The van der Waals surface area contributed by atoms with E-state index in [2.05, 4.69) is 77.7 Å². The van der Waals surface area contributed by atoms with E-state index in [1.807, 2.05) is 49.4 Å². The van der Waals surface area contributed by atoms with Crippen LogP contribution in [0.25, 0.3) is 0 Å². The van der Waals surface area contributed by atoms with Crippen LogP contribution in [0.2, 0.25) is 0 Å². The summed E-state index contributed by atoms with van der Waals surface area (Å²) in [4.78, 5) is 12.2. The molecule has 182 valence electrons. The second-order valence-electron chi connectivity index (χ2n) is 11.6. The lowest BCUT2D eigenvalue weighted by Gasteiger charge is -2.39. The fourth-order valence-corrected chi connectivity index (χ4v) is 4.97. The van der Waals surface area contributed by atoms with Crippen molar-refractivity contribution in [1.29, 1.82) is 0 Å². The standard InChI is InChI=1S/C31H47NO/c1-9-10-22-29(3,4)24-31(7,8)25-30(5,6)23-18-13-11-12-15-19-26(2)28(33)32-27-20-16-14-17-21-27/h9-10,13-14,16-22H,1,11-12,15,23-25H2,2-8H3,(H,32,33)/b18-13+,22-10+,26-19+. The summed E-state index contributed by atoms with van der Waals surface area (Å²) in [6, 6.07) is 9.59. The van der Waals surface area contributed by atoms with Crippen molar-refractivity contribution in [1.82, 2.24) is 0 Å². The number of amides is 1. The van der Waals surface area contributed by atoms with Crippen LogP contribution < -0.4 is 5.32 Å². The first-order valence-electron chi connectivity index (χ1n) is 12.3. The fourth-order valence-electron chi connectivity index (χ4n) is 4.97. The average molecular weight is 450 g/mol. The number of hydrogen-bond acceptors (Lipinski definition) is 1. The van der Waals surface area contributed by atoms with E-state index in [4.69, 9.17) is 0 Å². The smallest absolute Gasteiger partial charge is 0.250 e. The number of para-hydroxylation sites is 1. The van der Waals surface area contributed by atoms with Gasteiger partial charge in [0.15, 0.2) is 0 Å². The third-order valence-electron chi connectivity index (χ3n) is 5.83. The first kappa shape index (κ1) is 28.7. The molecule has 0 saturated carbocycles. The summed E-state index contributed by atoms with van der Waals surface area (Å²) in [6.07, 6.45) is 19.3. The molecule has 0 bridgehead atoms. The van der Waals surface area contributed by atoms with Gasteiger partial charge in [-0.15, -0.1) is 0 Å². The molecule has 1 aromatic rings. The molecule has 0 heterocycles. The molecule has 0 saturated heterocycles. The maximum Gasteiger partial charge on any atom is 0.250 e. The monoisotopic (exact) mass is 449 g/mol. The highest BCUT2D eigenvalue weighted by Gasteiger charge is 2.32. The zero-order chi connectivity index (χ0) is 25.0. The fraction of sp³-hybridized carbons (Fsp3) is 0.516. The second kappa shape index (κ2) is 13.4. The summed E-state index contributed by atoms with van der Waals surface area (Å²) in [7, 11) is 0. The highest BCUT2D eigenvalue weighted by molar-refractivity contribution is 6.03. The maximum atomic E-state index is 12.2. The largest absolute Gasteiger partial charge is 0.322 e. The Kier molecular flexibility index (Phi) is 11.6. The summed E-state index contributed by atoms with van der Waals surface area (Å²) in [5.74, 6) is -0.0238. The van der Waals surface area contributed by atoms with Crippen molar-refractivity contribution in [2.24, 2.45) is 16.2 Å². The molecule has 0 aliphatic carbocycles. The van der Waals surface area contributed by atoms with Crippen molar-refractivity contribution >= 4 is 11.6 Å². The van der Waals surface area contributed by atoms with E-state index in [1.54, 1.807) is 0 Å². The van der Waals surface area contributed by atoms with Gasteiger partial charge in [-0.25, -0.2) is 0 Å². The van der Waals surface area contributed by atoms with Crippen LogP contribution in [0, 0.1) is 16.2 Å². The Hall–Kier alpha value is -2.35. The molecule has 1 rings (SSSR count). The van der Waals surface area contributed by atoms with Gasteiger partial charge in [-0.05, 0) is 73.8 Å². The van der Waals surface area contributed by atoms with Gasteiger partial charge in [-0.2, -0.15) is 0 Å². The van der Waals surface area contributed by atoms with E-state index in [1.165, 1.54) is 6.42 Å². The van der Waals surface area contributed by atoms with Crippen molar-refractivity contribution in [2.75, 3.05) is 5.32 Å². The molecule has 33 heavy (non-hydrogen) atoms. The molecule has 0 aliphatic heterocycles. The number of anilines is 1. The molecule has 1 amide bonds. The molecular weight excluding hydrogens is 402 g/mol. The third-order valence-corrected chi connectivity index (χ3v) is 5.83. The number of unbranched alkanes of at least 4 members (excludes halogenated alkanes) is 2. The Bertz CT molecular complexity index is 822. The zero-order valence-corrected chi connectivity index (χ0v) is 22.2. The number of carbonyl (C=O) groups excluding carboxylic acids is 1. The maximum absolute atomic E-state index is 12.2. The number of nitrogens with one attached hydrogen (secondary N) is 1. The summed E-state index contributed by atoms with van der Waals surface area (Å²) in [6.45, 7) is 19.8. The predicted molar refractivity (Wildman–Crippen MR) is 146 cm³/mol. The van der Waals surface area contributed by atoms with Gasteiger partial charge in [0.1, 0.15) is 0 Å². The van der Waals surface area contributed by atoms with Crippen molar-refractivity contribution in [3.8, 4) is 0 Å². The highest BCUT2D eigenvalue weighted by Crippen LogP contribution is 2.43. The summed E-state index contributed by atoms with van der Waals surface area (Å²) >= 11 is 0. The molecule has 0 radical (unpaired) electrons. The molecular formula is C31H47NO. The van der Waals surface area contributed by atoms with Gasteiger partial charge in [0.05, 0.1) is 0 Å². The molecule has 1 aromatic carbocycles. The highest BCUT2D eigenvalue weighted by atomic mass is 16.1. The first-order valence-corrected chi connectivity index (χ1v) is 12.3.